The second-order valence-electron chi connectivity index (χ2n) is 10.3. The molecule has 0 saturated carbocycles. The van der Waals surface area contributed by atoms with Gasteiger partial charge in [0.25, 0.3) is 5.91 Å². The lowest BCUT2D eigenvalue weighted by Gasteiger charge is -2.51. The lowest BCUT2D eigenvalue weighted by molar-refractivity contribution is 0.00563. The van der Waals surface area contributed by atoms with Gasteiger partial charge in [-0.05, 0) is 76.4 Å². The zero-order valence-corrected chi connectivity index (χ0v) is 23.3. The minimum atomic E-state index is -0.00481. The van der Waals surface area contributed by atoms with E-state index < -0.39 is 0 Å². The number of aromatic nitrogens is 1. The number of amides is 1. The third kappa shape index (κ3) is 5.58. The van der Waals surface area contributed by atoms with E-state index in [2.05, 4.69) is 62.2 Å². The molecule has 2 aliphatic heterocycles. The van der Waals surface area contributed by atoms with Crippen molar-refractivity contribution in [3.8, 4) is 0 Å². The van der Waals surface area contributed by atoms with Gasteiger partial charge in [0.15, 0.2) is 0 Å². The number of carbonyl (C=O) groups is 1. The summed E-state index contributed by atoms with van der Waals surface area (Å²) >= 11 is 3.55. The number of likely N-dealkylation sites (tertiary alicyclic amines) is 2. The maximum Gasteiger partial charge on any atom is 0.253 e. The van der Waals surface area contributed by atoms with Crippen LogP contribution in [0.1, 0.15) is 61.9 Å². The predicted octanol–water partition coefficient (Wildman–Crippen LogP) is 6.29. The van der Waals surface area contributed by atoms with Crippen molar-refractivity contribution < 1.29 is 9.63 Å². The zero-order chi connectivity index (χ0) is 25.8. The predicted molar refractivity (Wildman–Crippen MR) is 152 cm³/mol. The average Bonchev–Trinajstić information content (AvgIpc) is 2.94. The Hall–Kier alpha value is -2.77. The van der Waals surface area contributed by atoms with Crippen molar-refractivity contribution >= 4 is 38.5 Å². The van der Waals surface area contributed by atoms with E-state index in [0.717, 1.165) is 65.5 Å². The molecule has 1 amide bonds. The number of pyridine rings is 1. The van der Waals surface area contributed by atoms with Gasteiger partial charge in [-0.1, -0.05) is 51.8 Å². The highest BCUT2D eigenvalue weighted by molar-refractivity contribution is 9.10. The van der Waals surface area contributed by atoms with E-state index in [9.17, 15) is 4.79 Å². The first-order valence-electron chi connectivity index (χ1n) is 13.3. The van der Waals surface area contributed by atoms with Crippen LogP contribution in [0.2, 0.25) is 0 Å². The standard InChI is InChI=1S/C30H35BrN4O2/c1-3-37-33-28(23-11-13-25(31)14-12-23)27-8-4-5-18-35(27)30(2)15-19-34(20-16-30)29(36)24-10-9-22-7-6-17-32-26(22)21-24/h6-7,9-14,17,21,27H,3-5,8,15-16,18-20H2,1-2H3/b33-28-. The number of nitrogens with zero attached hydrogens (tertiary/aromatic N) is 4. The summed E-state index contributed by atoms with van der Waals surface area (Å²) in [5.74, 6) is 0.0956. The Bertz CT molecular complexity index is 1270. The highest BCUT2D eigenvalue weighted by Crippen LogP contribution is 2.36. The molecule has 0 N–H and O–H groups in total. The van der Waals surface area contributed by atoms with Crippen LogP contribution in [0, 0.1) is 0 Å². The molecule has 1 unspecified atom stereocenters. The van der Waals surface area contributed by atoms with Crippen LogP contribution in [0.5, 0.6) is 0 Å². The maximum absolute atomic E-state index is 13.4. The van der Waals surface area contributed by atoms with Crippen molar-refractivity contribution in [3.63, 3.8) is 0 Å². The molecule has 2 aromatic carbocycles. The summed E-state index contributed by atoms with van der Waals surface area (Å²) in [5.41, 5.74) is 3.69. The Balaban J connectivity index is 1.34. The molecule has 2 fully saturated rings. The smallest absolute Gasteiger partial charge is 0.253 e. The van der Waals surface area contributed by atoms with Crippen molar-refractivity contribution in [2.45, 2.75) is 57.5 Å². The number of carbonyl (C=O) groups excluding carboxylic acids is 1. The quantitative estimate of drug-likeness (QED) is 0.262. The highest BCUT2D eigenvalue weighted by Gasteiger charge is 2.43. The first-order valence-corrected chi connectivity index (χ1v) is 14.1. The molecule has 7 heteroatoms. The summed E-state index contributed by atoms with van der Waals surface area (Å²) in [6.45, 7) is 7.41. The molecule has 0 bridgehead atoms. The van der Waals surface area contributed by atoms with Crippen molar-refractivity contribution in [3.05, 3.63) is 76.4 Å². The van der Waals surface area contributed by atoms with E-state index in [1.165, 1.54) is 12.8 Å². The van der Waals surface area contributed by atoms with Gasteiger partial charge in [0.05, 0.1) is 11.6 Å². The number of fused-ring (bicyclic) bond motifs is 1. The van der Waals surface area contributed by atoms with Crippen LogP contribution < -0.4 is 0 Å². The van der Waals surface area contributed by atoms with E-state index in [4.69, 9.17) is 4.84 Å². The molecule has 0 radical (unpaired) electrons. The van der Waals surface area contributed by atoms with Crippen LogP contribution in [0.15, 0.2) is 70.4 Å². The molecule has 3 heterocycles. The molecule has 0 aliphatic carbocycles. The first-order chi connectivity index (χ1) is 18.0. The number of halogens is 1. The Morgan fingerprint density at radius 3 is 2.59 bits per heavy atom. The number of hydrogen-bond acceptors (Lipinski definition) is 5. The van der Waals surface area contributed by atoms with Gasteiger partial charge in [0.2, 0.25) is 0 Å². The van der Waals surface area contributed by atoms with Crippen LogP contribution in [0.3, 0.4) is 0 Å². The third-order valence-electron chi connectivity index (χ3n) is 7.92. The largest absolute Gasteiger partial charge is 0.396 e. The summed E-state index contributed by atoms with van der Waals surface area (Å²) in [6, 6.07) is 18.4. The van der Waals surface area contributed by atoms with E-state index in [1.807, 2.05) is 42.2 Å². The lowest BCUT2D eigenvalue weighted by atomic mass is 9.82. The third-order valence-corrected chi connectivity index (χ3v) is 8.45. The molecule has 3 aromatic rings. The van der Waals surface area contributed by atoms with Crippen LogP contribution in [0.4, 0.5) is 0 Å². The van der Waals surface area contributed by atoms with Crippen molar-refractivity contribution in [1.29, 1.82) is 0 Å². The number of oxime groups is 1. The number of rotatable bonds is 6. The van der Waals surface area contributed by atoms with Crippen LogP contribution >= 0.6 is 15.9 Å². The van der Waals surface area contributed by atoms with Crippen LogP contribution in [-0.2, 0) is 4.84 Å². The summed E-state index contributed by atoms with van der Waals surface area (Å²) in [6.07, 6.45) is 7.06. The molecule has 6 nitrogen and oxygen atoms in total. The van der Waals surface area contributed by atoms with Gasteiger partial charge in [-0.25, -0.2) is 0 Å². The van der Waals surface area contributed by atoms with E-state index in [-0.39, 0.29) is 17.5 Å². The maximum atomic E-state index is 13.4. The topological polar surface area (TPSA) is 58.0 Å². The van der Waals surface area contributed by atoms with Crippen molar-refractivity contribution in [2.75, 3.05) is 26.2 Å². The summed E-state index contributed by atoms with van der Waals surface area (Å²) in [5, 5.41) is 5.69. The van der Waals surface area contributed by atoms with Crippen molar-refractivity contribution in [2.24, 2.45) is 5.16 Å². The zero-order valence-electron chi connectivity index (χ0n) is 21.7. The Morgan fingerprint density at radius 2 is 1.84 bits per heavy atom. The molecule has 2 saturated heterocycles. The SMILES string of the molecule is CCO/N=C(/c1ccc(Br)cc1)C1CCCCN1C1(C)CCN(C(=O)c2ccc3cccnc3c2)CC1. The monoisotopic (exact) mass is 562 g/mol. The van der Waals surface area contributed by atoms with Crippen LogP contribution in [-0.4, -0.2) is 64.2 Å². The fourth-order valence-electron chi connectivity index (χ4n) is 5.78. The van der Waals surface area contributed by atoms with Gasteiger partial charge in [0, 0.05) is 45.8 Å². The molecular weight excluding hydrogens is 528 g/mol. The summed E-state index contributed by atoms with van der Waals surface area (Å²) in [7, 11) is 0. The first kappa shape index (κ1) is 25.9. The highest BCUT2D eigenvalue weighted by atomic mass is 79.9. The molecular formula is C30H35BrN4O2. The lowest BCUT2D eigenvalue weighted by Crippen LogP contribution is -2.60. The minimum absolute atomic E-state index is 0.00481. The second kappa shape index (κ2) is 11.3. The van der Waals surface area contributed by atoms with Gasteiger partial charge in [-0.15, -0.1) is 0 Å². The minimum Gasteiger partial charge on any atom is -0.396 e. The molecule has 1 atom stereocenters. The fourth-order valence-corrected chi connectivity index (χ4v) is 6.05. The fraction of sp³-hybridized carbons (Fsp3) is 0.433. The normalized spacial score (nSPS) is 20.7. The van der Waals surface area contributed by atoms with Gasteiger partial charge >= 0.3 is 0 Å². The molecule has 1 aromatic heterocycles. The van der Waals surface area contributed by atoms with Crippen molar-refractivity contribution in [1.82, 2.24) is 14.8 Å². The van der Waals surface area contributed by atoms with Crippen LogP contribution in [0.25, 0.3) is 10.9 Å². The number of piperidine rings is 2. The van der Waals surface area contributed by atoms with E-state index in [0.29, 0.717) is 12.2 Å². The summed E-state index contributed by atoms with van der Waals surface area (Å²) < 4.78 is 1.05. The summed E-state index contributed by atoms with van der Waals surface area (Å²) in [4.78, 5) is 28.1. The Kier molecular flexibility index (Phi) is 7.91. The molecule has 194 valence electrons. The molecule has 2 aliphatic rings. The Labute approximate surface area is 227 Å². The second-order valence-corrected chi connectivity index (χ2v) is 11.2. The van der Waals surface area contributed by atoms with E-state index in [1.54, 1.807) is 6.20 Å². The van der Waals surface area contributed by atoms with Gasteiger partial charge < -0.3 is 9.74 Å². The number of benzene rings is 2. The average molecular weight is 564 g/mol. The van der Waals surface area contributed by atoms with Gasteiger partial charge in [-0.3, -0.25) is 14.7 Å². The molecule has 37 heavy (non-hydrogen) atoms. The Morgan fingerprint density at radius 1 is 1.08 bits per heavy atom. The molecule has 0 spiro atoms. The number of hydrogen-bond donors (Lipinski definition) is 0. The van der Waals surface area contributed by atoms with Gasteiger partial charge in [0.1, 0.15) is 12.3 Å². The van der Waals surface area contributed by atoms with E-state index >= 15 is 0 Å². The van der Waals surface area contributed by atoms with Gasteiger partial charge in [-0.2, -0.15) is 0 Å². The molecule has 5 rings (SSSR count).